The molecule has 2 aromatic rings. The average molecular weight is 233 g/mol. The number of carbonyl (C=O) groups is 1. The number of anilines is 1. The zero-order valence-corrected chi connectivity index (χ0v) is 9.57. The fraction of sp³-hybridized carbons (Fsp3) is 0.167. The summed E-state index contributed by atoms with van der Waals surface area (Å²) >= 11 is 0. The average Bonchev–Trinajstić information content (AvgIpc) is 2.63. The zero-order valence-electron chi connectivity index (χ0n) is 9.57. The van der Waals surface area contributed by atoms with Crippen LogP contribution in [-0.4, -0.2) is 15.7 Å². The molecule has 88 valence electrons. The summed E-state index contributed by atoms with van der Waals surface area (Å²) in [6.45, 7) is 1.86. The van der Waals surface area contributed by atoms with Gasteiger partial charge in [-0.15, -0.1) is 0 Å². The molecule has 0 fully saturated rings. The van der Waals surface area contributed by atoms with E-state index in [2.05, 4.69) is 10.4 Å². The van der Waals surface area contributed by atoms with Gasteiger partial charge in [0.1, 0.15) is 5.82 Å². The molecule has 0 bridgehead atoms. The molecule has 0 saturated carbocycles. The van der Waals surface area contributed by atoms with E-state index in [1.165, 1.54) is 24.3 Å². The molecule has 2 rings (SSSR count). The van der Waals surface area contributed by atoms with Crippen LogP contribution in [0.5, 0.6) is 0 Å². The standard InChI is InChI=1S/C12H12FN3O/c1-8-7-11(15-16(8)2)12(17)14-10-5-3-9(13)4-6-10/h3-7H,1-2H3,(H,14,17). The van der Waals surface area contributed by atoms with Crippen LogP contribution in [0, 0.1) is 12.7 Å². The van der Waals surface area contributed by atoms with Gasteiger partial charge in [0, 0.05) is 18.4 Å². The highest BCUT2D eigenvalue weighted by molar-refractivity contribution is 6.02. The normalized spacial score (nSPS) is 10.3. The minimum atomic E-state index is -0.336. The molecule has 1 heterocycles. The van der Waals surface area contributed by atoms with Gasteiger partial charge in [-0.05, 0) is 37.3 Å². The third kappa shape index (κ3) is 2.50. The summed E-state index contributed by atoms with van der Waals surface area (Å²) in [5.41, 5.74) is 1.78. The number of nitrogens with one attached hydrogen (secondary N) is 1. The molecule has 0 atom stereocenters. The largest absolute Gasteiger partial charge is 0.321 e. The maximum Gasteiger partial charge on any atom is 0.276 e. The van der Waals surface area contributed by atoms with Gasteiger partial charge in [0.2, 0.25) is 0 Å². The molecule has 17 heavy (non-hydrogen) atoms. The molecule has 1 aromatic heterocycles. The van der Waals surface area contributed by atoms with Gasteiger partial charge in [0.25, 0.3) is 5.91 Å². The summed E-state index contributed by atoms with van der Waals surface area (Å²) in [6.07, 6.45) is 0. The Bertz CT molecular complexity index is 526. The Kier molecular flexibility index (Phi) is 2.91. The molecule has 1 amide bonds. The van der Waals surface area contributed by atoms with Crippen LogP contribution in [0.3, 0.4) is 0 Å². The lowest BCUT2D eigenvalue weighted by atomic mass is 10.3. The molecule has 5 heteroatoms. The molecule has 0 aliphatic carbocycles. The number of hydrogen-bond acceptors (Lipinski definition) is 2. The number of benzene rings is 1. The van der Waals surface area contributed by atoms with Crippen LogP contribution in [0.15, 0.2) is 30.3 Å². The van der Waals surface area contributed by atoms with Crippen LogP contribution in [0.25, 0.3) is 0 Å². The minimum Gasteiger partial charge on any atom is -0.321 e. The predicted molar refractivity (Wildman–Crippen MR) is 62.3 cm³/mol. The summed E-state index contributed by atoms with van der Waals surface area (Å²) in [6, 6.07) is 7.28. The molecule has 0 aliphatic heterocycles. The second kappa shape index (κ2) is 4.37. The Balaban J connectivity index is 2.14. The van der Waals surface area contributed by atoms with E-state index < -0.39 is 0 Å². The van der Waals surface area contributed by atoms with Crippen molar-refractivity contribution in [1.82, 2.24) is 9.78 Å². The van der Waals surface area contributed by atoms with Crippen LogP contribution < -0.4 is 5.32 Å². The summed E-state index contributed by atoms with van der Waals surface area (Å²) in [5, 5.41) is 6.70. The van der Waals surface area contributed by atoms with Gasteiger partial charge in [-0.25, -0.2) is 4.39 Å². The number of carbonyl (C=O) groups excluding carboxylic acids is 1. The number of nitrogens with zero attached hydrogens (tertiary/aromatic N) is 2. The van der Waals surface area contributed by atoms with E-state index in [0.29, 0.717) is 11.4 Å². The van der Waals surface area contributed by atoms with E-state index >= 15 is 0 Å². The summed E-state index contributed by atoms with van der Waals surface area (Å²) in [7, 11) is 1.77. The lowest BCUT2D eigenvalue weighted by Crippen LogP contribution is -2.12. The molecule has 0 saturated heterocycles. The van der Waals surface area contributed by atoms with Crippen LogP contribution in [0.1, 0.15) is 16.2 Å². The van der Waals surface area contributed by atoms with E-state index in [-0.39, 0.29) is 11.7 Å². The first kappa shape index (κ1) is 11.3. The fourth-order valence-corrected chi connectivity index (χ4v) is 1.40. The van der Waals surface area contributed by atoms with E-state index in [9.17, 15) is 9.18 Å². The Hall–Kier alpha value is -2.17. The van der Waals surface area contributed by atoms with E-state index in [0.717, 1.165) is 5.69 Å². The van der Waals surface area contributed by atoms with Crippen LogP contribution in [0.2, 0.25) is 0 Å². The number of rotatable bonds is 2. The third-order valence-corrected chi connectivity index (χ3v) is 2.45. The molecule has 1 aromatic carbocycles. The van der Waals surface area contributed by atoms with Crippen molar-refractivity contribution in [3.63, 3.8) is 0 Å². The van der Waals surface area contributed by atoms with Crippen LogP contribution in [0.4, 0.5) is 10.1 Å². The van der Waals surface area contributed by atoms with E-state index in [1.54, 1.807) is 17.8 Å². The van der Waals surface area contributed by atoms with Gasteiger partial charge >= 0.3 is 0 Å². The van der Waals surface area contributed by atoms with Gasteiger partial charge in [0.15, 0.2) is 5.69 Å². The second-order valence-corrected chi connectivity index (χ2v) is 3.76. The SMILES string of the molecule is Cc1cc(C(=O)Nc2ccc(F)cc2)nn1C. The summed E-state index contributed by atoms with van der Waals surface area (Å²) < 4.78 is 14.3. The first-order valence-corrected chi connectivity index (χ1v) is 5.14. The molecule has 0 radical (unpaired) electrons. The zero-order chi connectivity index (χ0) is 12.4. The topological polar surface area (TPSA) is 46.9 Å². The molecular weight excluding hydrogens is 221 g/mol. The van der Waals surface area contributed by atoms with Gasteiger partial charge in [-0.3, -0.25) is 9.48 Å². The molecular formula is C12H12FN3O. The van der Waals surface area contributed by atoms with E-state index in [4.69, 9.17) is 0 Å². The van der Waals surface area contributed by atoms with Crippen molar-refractivity contribution in [2.75, 3.05) is 5.32 Å². The van der Waals surface area contributed by atoms with Crippen LogP contribution >= 0.6 is 0 Å². The Morgan fingerprint density at radius 1 is 1.35 bits per heavy atom. The highest BCUT2D eigenvalue weighted by Gasteiger charge is 2.10. The van der Waals surface area contributed by atoms with Crippen molar-refractivity contribution in [2.24, 2.45) is 7.05 Å². The number of hydrogen-bond donors (Lipinski definition) is 1. The Labute approximate surface area is 98.1 Å². The maximum atomic E-state index is 12.7. The fourth-order valence-electron chi connectivity index (χ4n) is 1.40. The van der Waals surface area contributed by atoms with Gasteiger partial charge < -0.3 is 5.32 Å². The number of amides is 1. The molecule has 0 aliphatic rings. The van der Waals surface area contributed by atoms with Gasteiger partial charge in [-0.2, -0.15) is 5.10 Å². The lowest BCUT2D eigenvalue weighted by molar-refractivity contribution is 0.102. The summed E-state index contributed by atoms with van der Waals surface area (Å²) in [5.74, 6) is -0.642. The van der Waals surface area contributed by atoms with Crippen molar-refractivity contribution in [3.05, 3.63) is 47.5 Å². The van der Waals surface area contributed by atoms with Gasteiger partial charge in [0.05, 0.1) is 0 Å². The second-order valence-electron chi connectivity index (χ2n) is 3.76. The number of aryl methyl sites for hydroxylation is 2. The molecule has 0 unspecified atom stereocenters. The molecule has 0 spiro atoms. The number of aromatic nitrogens is 2. The Morgan fingerprint density at radius 2 is 2.00 bits per heavy atom. The molecule has 4 nitrogen and oxygen atoms in total. The molecule has 1 N–H and O–H groups in total. The Morgan fingerprint density at radius 3 is 2.53 bits per heavy atom. The first-order chi connectivity index (χ1) is 8.06. The minimum absolute atomic E-state index is 0.305. The monoisotopic (exact) mass is 233 g/mol. The quantitative estimate of drug-likeness (QED) is 0.863. The van der Waals surface area contributed by atoms with Gasteiger partial charge in [-0.1, -0.05) is 0 Å². The smallest absolute Gasteiger partial charge is 0.276 e. The summed E-state index contributed by atoms with van der Waals surface area (Å²) in [4.78, 5) is 11.8. The lowest BCUT2D eigenvalue weighted by Gasteiger charge is -2.02. The third-order valence-electron chi connectivity index (χ3n) is 2.45. The van der Waals surface area contributed by atoms with E-state index in [1.807, 2.05) is 6.92 Å². The van der Waals surface area contributed by atoms with Crippen molar-refractivity contribution in [2.45, 2.75) is 6.92 Å². The van der Waals surface area contributed by atoms with Crippen molar-refractivity contribution < 1.29 is 9.18 Å². The van der Waals surface area contributed by atoms with Crippen molar-refractivity contribution >= 4 is 11.6 Å². The van der Waals surface area contributed by atoms with Crippen molar-refractivity contribution in [3.8, 4) is 0 Å². The van der Waals surface area contributed by atoms with Crippen LogP contribution in [-0.2, 0) is 7.05 Å². The highest BCUT2D eigenvalue weighted by atomic mass is 19.1. The van der Waals surface area contributed by atoms with Crippen molar-refractivity contribution in [1.29, 1.82) is 0 Å². The highest BCUT2D eigenvalue weighted by Crippen LogP contribution is 2.10. The predicted octanol–water partition coefficient (Wildman–Crippen LogP) is 2.12. The maximum absolute atomic E-state index is 12.7. The first-order valence-electron chi connectivity index (χ1n) is 5.14. The number of halogens is 1.